The molecule has 0 atom stereocenters. The van der Waals surface area contributed by atoms with Crippen molar-refractivity contribution < 1.29 is 9.63 Å². The van der Waals surface area contributed by atoms with Crippen LogP contribution in [-0.4, -0.2) is 23.8 Å². The lowest BCUT2D eigenvalue weighted by Crippen LogP contribution is -2.34. The first-order valence-electron chi connectivity index (χ1n) is 7.03. The van der Waals surface area contributed by atoms with Crippen molar-refractivity contribution in [3.8, 4) is 0 Å². The topological polar surface area (TPSA) is 62.7 Å². The summed E-state index contributed by atoms with van der Waals surface area (Å²) in [6.45, 7) is 4.40. The lowest BCUT2D eigenvalue weighted by Gasteiger charge is -2.12. The predicted molar refractivity (Wildman–Crippen MR) is 77.1 cm³/mol. The molecule has 2 N–H and O–H groups in total. The molecule has 0 spiro atoms. The highest BCUT2D eigenvalue weighted by atomic mass is 32.1. The molecular formula is C14H17N3O2S. The van der Waals surface area contributed by atoms with E-state index in [1.807, 2.05) is 0 Å². The van der Waals surface area contributed by atoms with E-state index in [1.165, 1.54) is 10.4 Å². The third-order valence-electron chi connectivity index (χ3n) is 4.19. The average Bonchev–Trinajstić information content (AvgIpc) is 2.88. The Morgan fingerprint density at radius 2 is 2.30 bits per heavy atom. The fourth-order valence-electron chi connectivity index (χ4n) is 2.73. The minimum absolute atomic E-state index is 0.00895. The van der Waals surface area contributed by atoms with Crippen LogP contribution < -0.4 is 10.6 Å². The SMILES string of the molecule is CC1(NC(=O)c2sc3c(c2C2=NOCC2)CNC3)CC1. The van der Waals surface area contributed by atoms with Crippen LogP contribution in [-0.2, 0) is 17.9 Å². The summed E-state index contributed by atoms with van der Waals surface area (Å²) >= 11 is 1.60. The zero-order valence-electron chi connectivity index (χ0n) is 11.4. The van der Waals surface area contributed by atoms with Crippen molar-refractivity contribution >= 4 is 23.0 Å². The minimum atomic E-state index is 0.00895. The predicted octanol–water partition coefficient (Wildman–Crippen LogP) is 1.76. The molecule has 20 heavy (non-hydrogen) atoms. The van der Waals surface area contributed by atoms with Gasteiger partial charge in [-0.15, -0.1) is 11.3 Å². The van der Waals surface area contributed by atoms with Gasteiger partial charge in [-0.05, 0) is 25.3 Å². The van der Waals surface area contributed by atoms with E-state index in [2.05, 4.69) is 22.7 Å². The Kier molecular flexibility index (Phi) is 2.65. The summed E-state index contributed by atoms with van der Waals surface area (Å²) in [4.78, 5) is 19.8. The lowest BCUT2D eigenvalue weighted by molar-refractivity contribution is 0.0939. The summed E-state index contributed by atoms with van der Waals surface area (Å²) in [5.74, 6) is 0.0500. The van der Waals surface area contributed by atoms with Crippen LogP contribution in [0.5, 0.6) is 0 Å². The first kappa shape index (κ1) is 12.3. The number of nitrogens with one attached hydrogen (secondary N) is 2. The highest BCUT2D eigenvalue weighted by molar-refractivity contribution is 7.14. The molecule has 106 valence electrons. The normalized spacial score (nSPS) is 22.1. The zero-order chi connectivity index (χ0) is 13.7. The van der Waals surface area contributed by atoms with Crippen molar-refractivity contribution in [3.05, 3.63) is 20.9 Å². The van der Waals surface area contributed by atoms with E-state index >= 15 is 0 Å². The van der Waals surface area contributed by atoms with Gasteiger partial charge in [-0.3, -0.25) is 4.79 Å². The number of fused-ring (bicyclic) bond motifs is 1. The molecular weight excluding hydrogens is 274 g/mol. The summed E-state index contributed by atoms with van der Waals surface area (Å²) < 4.78 is 0. The standard InChI is InChI=1S/C14H17N3O2S/c1-14(3-4-14)16-13(18)12-11(9-2-5-19-17-9)8-6-15-7-10(8)20-12/h15H,2-7H2,1H3,(H,16,18). The molecule has 0 unspecified atom stereocenters. The van der Waals surface area contributed by atoms with Crippen LogP contribution in [0.2, 0.25) is 0 Å². The quantitative estimate of drug-likeness (QED) is 0.892. The van der Waals surface area contributed by atoms with Gasteiger partial charge < -0.3 is 15.5 Å². The van der Waals surface area contributed by atoms with E-state index in [1.54, 1.807) is 11.3 Å². The Morgan fingerprint density at radius 1 is 1.45 bits per heavy atom. The second kappa shape index (κ2) is 4.30. The Bertz CT molecular complexity index is 616. The molecule has 1 aromatic rings. The molecule has 3 aliphatic rings. The van der Waals surface area contributed by atoms with Crippen molar-refractivity contribution in [2.75, 3.05) is 6.61 Å². The van der Waals surface area contributed by atoms with E-state index in [0.29, 0.717) is 6.61 Å². The van der Waals surface area contributed by atoms with E-state index in [-0.39, 0.29) is 11.4 Å². The van der Waals surface area contributed by atoms with Crippen molar-refractivity contribution in [1.82, 2.24) is 10.6 Å². The number of hydrogen-bond acceptors (Lipinski definition) is 5. The Labute approximate surface area is 121 Å². The fourth-order valence-corrected chi connectivity index (χ4v) is 3.94. The first-order chi connectivity index (χ1) is 9.66. The molecule has 2 aliphatic heterocycles. The van der Waals surface area contributed by atoms with Crippen molar-refractivity contribution in [1.29, 1.82) is 0 Å². The Balaban J connectivity index is 1.73. The van der Waals surface area contributed by atoms with Gasteiger partial charge in [0.1, 0.15) is 11.5 Å². The molecule has 0 bridgehead atoms. The second-order valence-corrected chi connectivity index (χ2v) is 7.05. The molecule has 1 aromatic heterocycles. The molecule has 0 aromatic carbocycles. The van der Waals surface area contributed by atoms with Gasteiger partial charge in [-0.25, -0.2) is 0 Å². The summed E-state index contributed by atoms with van der Waals surface area (Å²) in [6, 6.07) is 0. The van der Waals surface area contributed by atoms with Crippen LogP contribution in [0.15, 0.2) is 5.16 Å². The van der Waals surface area contributed by atoms with Crippen molar-refractivity contribution in [2.24, 2.45) is 5.16 Å². The number of thiophene rings is 1. The molecule has 3 heterocycles. The highest BCUT2D eigenvalue weighted by Crippen LogP contribution is 2.37. The third kappa shape index (κ3) is 1.94. The maximum Gasteiger partial charge on any atom is 0.262 e. The van der Waals surface area contributed by atoms with Crippen LogP contribution in [0.4, 0.5) is 0 Å². The molecule has 1 saturated carbocycles. The maximum absolute atomic E-state index is 12.6. The summed E-state index contributed by atoms with van der Waals surface area (Å²) in [5, 5.41) is 10.6. The molecule has 1 fully saturated rings. The molecule has 1 amide bonds. The summed E-state index contributed by atoms with van der Waals surface area (Å²) in [7, 11) is 0. The maximum atomic E-state index is 12.6. The van der Waals surface area contributed by atoms with Crippen LogP contribution in [0.25, 0.3) is 0 Å². The molecule has 4 rings (SSSR count). The molecule has 6 heteroatoms. The largest absolute Gasteiger partial charge is 0.395 e. The van der Waals surface area contributed by atoms with E-state index in [0.717, 1.165) is 48.5 Å². The van der Waals surface area contributed by atoms with Crippen LogP contribution in [0, 0.1) is 0 Å². The second-order valence-electron chi connectivity index (χ2n) is 5.95. The smallest absolute Gasteiger partial charge is 0.262 e. The molecule has 1 aliphatic carbocycles. The number of amides is 1. The van der Waals surface area contributed by atoms with Crippen LogP contribution in [0.3, 0.4) is 0 Å². The van der Waals surface area contributed by atoms with E-state index < -0.39 is 0 Å². The van der Waals surface area contributed by atoms with Gasteiger partial charge in [0.05, 0.1) is 5.71 Å². The Morgan fingerprint density at radius 3 is 3.00 bits per heavy atom. The van der Waals surface area contributed by atoms with Crippen molar-refractivity contribution in [2.45, 2.75) is 44.8 Å². The number of rotatable bonds is 3. The summed E-state index contributed by atoms with van der Waals surface area (Å²) in [6.07, 6.45) is 2.94. The molecule has 5 nitrogen and oxygen atoms in total. The molecule has 0 saturated heterocycles. The average molecular weight is 291 g/mol. The van der Waals surface area contributed by atoms with Gasteiger partial charge in [-0.2, -0.15) is 0 Å². The third-order valence-corrected chi connectivity index (χ3v) is 5.42. The van der Waals surface area contributed by atoms with Crippen LogP contribution >= 0.6 is 11.3 Å². The fraction of sp³-hybridized carbons (Fsp3) is 0.571. The van der Waals surface area contributed by atoms with Gasteiger partial charge in [0.25, 0.3) is 5.91 Å². The monoisotopic (exact) mass is 291 g/mol. The number of carbonyl (C=O) groups is 1. The van der Waals surface area contributed by atoms with Gasteiger partial charge in [-0.1, -0.05) is 5.16 Å². The van der Waals surface area contributed by atoms with E-state index in [9.17, 15) is 4.79 Å². The van der Waals surface area contributed by atoms with Crippen molar-refractivity contribution in [3.63, 3.8) is 0 Å². The molecule has 0 radical (unpaired) electrons. The highest BCUT2D eigenvalue weighted by Gasteiger charge is 2.40. The lowest BCUT2D eigenvalue weighted by atomic mass is 10.0. The number of carbonyl (C=O) groups excluding carboxylic acids is 1. The number of nitrogens with zero attached hydrogens (tertiary/aromatic N) is 1. The van der Waals surface area contributed by atoms with Crippen LogP contribution in [0.1, 0.15) is 51.9 Å². The zero-order valence-corrected chi connectivity index (χ0v) is 12.2. The number of hydrogen-bond donors (Lipinski definition) is 2. The van der Waals surface area contributed by atoms with Gasteiger partial charge >= 0.3 is 0 Å². The summed E-state index contributed by atoms with van der Waals surface area (Å²) in [5.41, 5.74) is 3.20. The number of oxime groups is 1. The van der Waals surface area contributed by atoms with Gasteiger partial charge in [0.2, 0.25) is 0 Å². The van der Waals surface area contributed by atoms with E-state index in [4.69, 9.17) is 4.84 Å². The minimum Gasteiger partial charge on any atom is -0.395 e. The van der Waals surface area contributed by atoms with Gasteiger partial charge in [0, 0.05) is 35.5 Å². The van der Waals surface area contributed by atoms with Gasteiger partial charge in [0.15, 0.2) is 0 Å². The first-order valence-corrected chi connectivity index (χ1v) is 7.85. The Hall–Kier alpha value is -1.40.